The van der Waals surface area contributed by atoms with Crippen molar-refractivity contribution >= 4 is 11.4 Å². The van der Waals surface area contributed by atoms with Crippen molar-refractivity contribution in [3.05, 3.63) is 48.5 Å². The average Bonchev–Trinajstić information content (AvgIpc) is 2.99. The molecule has 2 atom stereocenters. The number of rotatable bonds is 17. The van der Waals surface area contributed by atoms with Gasteiger partial charge in [-0.1, -0.05) is 0 Å². The van der Waals surface area contributed by atoms with E-state index in [1.165, 1.54) is 38.5 Å². The minimum absolute atomic E-state index is 0.0515. The van der Waals surface area contributed by atoms with Crippen molar-refractivity contribution in [2.75, 3.05) is 46.2 Å². The molecule has 4 bridgehead atoms. The van der Waals surface area contributed by atoms with Gasteiger partial charge in [0.15, 0.2) is 0 Å². The van der Waals surface area contributed by atoms with Crippen LogP contribution in [-0.4, -0.2) is 85.0 Å². The summed E-state index contributed by atoms with van der Waals surface area (Å²) in [6, 6.07) is 14.9. The molecule has 6 rings (SSSR count). The van der Waals surface area contributed by atoms with Crippen LogP contribution in [0.1, 0.15) is 38.5 Å². The van der Waals surface area contributed by atoms with E-state index in [1.807, 2.05) is 24.3 Å². The van der Waals surface area contributed by atoms with Crippen LogP contribution in [0, 0.1) is 23.2 Å². The number of nitrogens with zero attached hydrogens (tertiary/aromatic N) is 2. The predicted molar refractivity (Wildman–Crippen MR) is 155 cm³/mol. The van der Waals surface area contributed by atoms with Crippen LogP contribution in [0.25, 0.3) is 0 Å². The Hall–Kier alpha value is -2.60. The molecule has 4 N–H and O–H groups in total. The quantitative estimate of drug-likeness (QED) is 0.203. The highest BCUT2D eigenvalue weighted by atomic mass is 16.6. The maximum Gasteiger partial charge on any atom is 0.145 e. The number of benzene rings is 2. The summed E-state index contributed by atoms with van der Waals surface area (Å²) in [6.07, 6.45) is 5.81. The van der Waals surface area contributed by atoms with E-state index in [1.54, 1.807) is 24.3 Å². The molecule has 4 aliphatic carbocycles. The number of hydrogen-bond donors (Lipinski definition) is 4. The fraction of sp³-hybridized carbons (Fsp3) is 0.625. The third kappa shape index (κ3) is 8.72. The lowest BCUT2D eigenvalue weighted by molar-refractivity contribution is -0.0745. The molecule has 2 aromatic rings. The van der Waals surface area contributed by atoms with Gasteiger partial charge in [0.1, 0.15) is 29.8 Å². The monoisotopic (exact) mass is 584 g/mol. The molecule has 42 heavy (non-hydrogen) atoms. The van der Waals surface area contributed by atoms with Gasteiger partial charge in [0.25, 0.3) is 0 Å². The summed E-state index contributed by atoms with van der Waals surface area (Å²) < 4.78 is 23.1. The second kappa shape index (κ2) is 14.7. The smallest absolute Gasteiger partial charge is 0.145 e. The van der Waals surface area contributed by atoms with E-state index in [4.69, 9.17) is 29.2 Å². The molecule has 0 heterocycles. The SMILES string of the molecule is OCC(O)COCC(COCC(O)CO)Oc1ccc(N=Nc2ccc(OCC34CC5CC(CC(C5)C3)C4)cc2)cc1. The first-order valence-electron chi connectivity index (χ1n) is 15.1. The first-order chi connectivity index (χ1) is 20.4. The Kier molecular flexibility index (Phi) is 10.8. The van der Waals surface area contributed by atoms with Crippen molar-refractivity contribution in [2.24, 2.45) is 33.4 Å². The molecule has 0 amide bonds. The van der Waals surface area contributed by atoms with E-state index in [9.17, 15) is 10.2 Å². The van der Waals surface area contributed by atoms with Gasteiger partial charge in [-0.2, -0.15) is 10.2 Å². The van der Waals surface area contributed by atoms with Gasteiger partial charge >= 0.3 is 0 Å². The van der Waals surface area contributed by atoms with Gasteiger partial charge in [-0.25, -0.2) is 0 Å². The van der Waals surface area contributed by atoms with Gasteiger partial charge in [-0.05, 0) is 105 Å². The second-order valence-electron chi connectivity index (χ2n) is 12.4. The van der Waals surface area contributed by atoms with Gasteiger partial charge < -0.3 is 39.4 Å². The van der Waals surface area contributed by atoms with Gasteiger partial charge in [-0.15, -0.1) is 0 Å². The zero-order chi connectivity index (χ0) is 29.4. The zero-order valence-electron chi connectivity index (χ0n) is 24.1. The van der Waals surface area contributed by atoms with E-state index in [0.717, 1.165) is 35.8 Å². The highest BCUT2D eigenvalue weighted by Gasteiger charge is 2.51. The van der Waals surface area contributed by atoms with Crippen molar-refractivity contribution in [1.82, 2.24) is 0 Å². The van der Waals surface area contributed by atoms with Crippen LogP contribution in [-0.2, 0) is 9.47 Å². The van der Waals surface area contributed by atoms with Crippen molar-refractivity contribution in [1.29, 1.82) is 0 Å². The Morgan fingerprint density at radius 2 is 1.12 bits per heavy atom. The summed E-state index contributed by atoms with van der Waals surface area (Å²) in [5.41, 5.74) is 1.78. The molecule has 0 aromatic heterocycles. The Labute approximate surface area is 247 Å². The van der Waals surface area contributed by atoms with Crippen molar-refractivity contribution in [3.8, 4) is 11.5 Å². The molecular formula is C32H44N2O8. The molecule has 230 valence electrons. The Morgan fingerprint density at radius 3 is 1.57 bits per heavy atom. The molecule has 4 aliphatic rings. The third-order valence-corrected chi connectivity index (χ3v) is 8.62. The normalized spacial score (nSPS) is 26.8. The maximum atomic E-state index is 9.50. The van der Waals surface area contributed by atoms with Crippen LogP contribution in [0.3, 0.4) is 0 Å². The van der Waals surface area contributed by atoms with Crippen LogP contribution < -0.4 is 9.47 Å². The molecule has 0 saturated heterocycles. The standard InChI is InChI=1S/C32H44N2O8/c35-15-27(37)17-39-19-31(20-40-18-28(38)16-36)42-30-7-3-26(4-8-30)34-33-25-1-5-29(6-2-25)41-21-32-12-22-9-23(13-32)11-24(10-22)14-32/h1-8,22-24,27-28,31,35-38H,9-21H2. The first-order valence-corrected chi connectivity index (χ1v) is 15.1. The van der Waals surface area contributed by atoms with Crippen LogP contribution >= 0.6 is 0 Å². The Bertz CT molecular complexity index is 1080. The molecular weight excluding hydrogens is 540 g/mol. The minimum atomic E-state index is -0.984. The van der Waals surface area contributed by atoms with E-state index >= 15 is 0 Å². The highest BCUT2D eigenvalue weighted by molar-refractivity contribution is 5.44. The van der Waals surface area contributed by atoms with Crippen molar-refractivity contribution < 1.29 is 39.4 Å². The number of hydrogen-bond acceptors (Lipinski definition) is 10. The average molecular weight is 585 g/mol. The van der Waals surface area contributed by atoms with Crippen LogP contribution in [0.2, 0.25) is 0 Å². The number of aliphatic hydroxyl groups excluding tert-OH is 4. The molecule has 0 spiro atoms. The van der Waals surface area contributed by atoms with Gasteiger partial charge in [0, 0.05) is 5.41 Å². The summed E-state index contributed by atoms with van der Waals surface area (Å²) in [6.45, 7) is 0.0981. The van der Waals surface area contributed by atoms with Gasteiger partial charge in [0.05, 0.1) is 57.6 Å². The first kappa shape index (κ1) is 30.8. The summed E-state index contributed by atoms with van der Waals surface area (Å²) in [4.78, 5) is 0. The summed E-state index contributed by atoms with van der Waals surface area (Å²) in [7, 11) is 0. The highest BCUT2D eigenvalue weighted by Crippen LogP contribution is 2.60. The Morgan fingerprint density at radius 1 is 0.667 bits per heavy atom. The second-order valence-corrected chi connectivity index (χ2v) is 12.4. The zero-order valence-corrected chi connectivity index (χ0v) is 24.1. The van der Waals surface area contributed by atoms with Crippen molar-refractivity contribution in [3.63, 3.8) is 0 Å². The fourth-order valence-electron chi connectivity index (χ4n) is 7.10. The molecule has 0 radical (unpaired) electrons. The molecule has 10 nitrogen and oxygen atoms in total. The minimum Gasteiger partial charge on any atom is -0.493 e. The predicted octanol–water partition coefficient (Wildman–Crippen LogP) is 4.18. The Balaban J connectivity index is 1.09. The van der Waals surface area contributed by atoms with E-state index in [2.05, 4.69) is 10.2 Å². The van der Waals surface area contributed by atoms with Gasteiger partial charge in [-0.3, -0.25) is 0 Å². The third-order valence-electron chi connectivity index (χ3n) is 8.62. The topological polar surface area (TPSA) is 143 Å². The molecule has 4 fully saturated rings. The number of ether oxygens (including phenoxy) is 4. The maximum absolute atomic E-state index is 9.50. The molecule has 4 saturated carbocycles. The lowest BCUT2D eigenvalue weighted by Gasteiger charge is -2.56. The van der Waals surface area contributed by atoms with E-state index < -0.39 is 31.5 Å². The number of aliphatic hydroxyl groups is 4. The fourth-order valence-corrected chi connectivity index (χ4v) is 7.10. The molecule has 2 aromatic carbocycles. The summed E-state index contributed by atoms with van der Waals surface area (Å²) >= 11 is 0. The summed E-state index contributed by atoms with van der Waals surface area (Å²) in [5.74, 6) is 4.19. The van der Waals surface area contributed by atoms with Crippen LogP contribution in [0.5, 0.6) is 11.5 Å². The van der Waals surface area contributed by atoms with Crippen LogP contribution in [0.15, 0.2) is 58.8 Å². The van der Waals surface area contributed by atoms with E-state index in [0.29, 0.717) is 16.9 Å². The van der Waals surface area contributed by atoms with E-state index in [-0.39, 0.29) is 26.4 Å². The summed E-state index contributed by atoms with van der Waals surface area (Å²) in [5, 5.41) is 45.6. The van der Waals surface area contributed by atoms with Crippen LogP contribution in [0.4, 0.5) is 11.4 Å². The van der Waals surface area contributed by atoms with Gasteiger partial charge in [0.2, 0.25) is 0 Å². The lowest BCUT2D eigenvalue weighted by Crippen LogP contribution is -2.48. The lowest BCUT2D eigenvalue weighted by atomic mass is 9.50. The largest absolute Gasteiger partial charge is 0.493 e. The number of azo groups is 1. The molecule has 2 unspecified atom stereocenters. The molecule has 0 aliphatic heterocycles. The molecule has 10 heteroatoms. The van der Waals surface area contributed by atoms with Crippen molar-refractivity contribution in [2.45, 2.75) is 56.8 Å².